The number of amides is 1. The van der Waals surface area contributed by atoms with Gasteiger partial charge in [0.1, 0.15) is 30.5 Å². The Labute approximate surface area is 169 Å². The molecule has 0 spiro atoms. The summed E-state index contributed by atoms with van der Waals surface area (Å²) in [6, 6.07) is 10.1. The zero-order valence-corrected chi connectivity index (χ0v) is 16.2. The second-order valence-corrected chi connectivity index (χ2v) is 7.71. The van der Waals surface area contributed by atoms with Crippen LogP contribution in [-0.2, 0) is 16.1 Å². The number of halogens is 1. The Hall–Kier alpha value is -2.86. The lowest BCUT2D eigenvalue weighted by Crippen LogP contribution is -2.33. The molecule has 3 aliphatic heterocycles. The minimum absolute atomic E-state index is 0.268. The number of carbonyl (C=O) groups is 1. The summed E-state index contributed by atoms with van der Waals surface area (Å²) in [5, 5.41) is 2.78. The number of nitrogens with one attached hydrogen (secondary N) is 1. The van der Waals surface area contributed by atoms with Crippen molar-refractivity contribution in [3.8, 4) is 5.75 Å². The van der Waals surface area contributed by atoms with Gasteiger partial charge < -0.3 is 14.8 Å². The third-order valence-electron chi connectivity index (χ3n) is 5.77. The van der Waals surface area contributed by atoms with Gasteiger partial charge in [0.2, 0.25) is 0 Å². The Bertz CT molecular complexity index is 996. The molecule has 3 heterocycles. The van der Waals surface area contributed by atoms with Crippen molar-refractivity contribution in [1.29, 1.82) is 0 Å². The van der Waals surface area contributed by atoms with E-state index in [1.165, 1.54) is 31.4 Å². The summed E-state index contributed by atoms with van der Waals surface area (Å²) >= 11 is 0. The molecule has 0 aliphatic carbocycles. The Balaban J connectivity index is 1.35. The predicted molar refractivity (Wildman–Crippen MR) is 109 cm³/mol. The number of hydrogen-bond acceptors (Lipinski definition) is 4. The monoisotopic (exact) mass is 394 g/mol. The van der Waals surface area contributed by atoms with Crippen molar-refractivity contribution >= 4 is 22.9 Å². The van der Waals surface area contributed by atoms with Gasteiger partial charge in [0.15, 0.2) is 0 Å². The first kappa shape index (κ1) is 18.2. The van der Waals surface area contributed by atoms with Gasteiger partial charge in [-0.15, -0.1) is 0 Å². The topological polar surface area (TPSA) is 50.8 Å². The molecule has 1 amide bonds. The van der Waals surface area contributed by atoms with Crippen molar-refractivity contribution < 1.29 is 18.7 Å². The highest BCUT2D eigenvalue weighted by molar-refractivity contribution is 6.36. The fourth-order valence-corrected chi connectivity index (χ4v) is 4.28. The first-order valence-electron chi connectivity index (χ1n) is 10.2. The summed E-state index contributed by atoms with van der Waals surface area (Å²) in [5.74, 6) is 0.656. The van der Waals surface area contributed by atoms with Gasteiger partial charge in [-0.2, -0.15) is 0 Å². The van der Waals surface area contributed by atoms with Crippen molar-refractivity contribution in [1.82, 2.24) is 4.90 Å². The lowest BCUT2D eigenvalue weighted by molar-refractivity contribution is -0.110. The van der Waals surface area contributed by atoms with E-state index in [0.717, 1.165) is 36.5 Å². The number of ether oxygens (including phenoxy) is 2. The summed E-state index contributed by atoms with van der Waals surface area (Å²) in [6.45, 7) is 4.27. The van der Waals surface area contributed by atoms with Crippen LogP contribution >= 0.6 is 0 Å². The van der Waals surface area contributed by atoms with Crippen molar-refractivity contribution in [3.05, 3.63) is 58.9 Å². The molecule has 29 heavy (non-hydrogen) atoms. The van der Waals surface area contributed by atoms with E-state index in [1.807, 2.05) is 18.2 Å². The Morgan fingerprint density at radius 2 is 1.93 bits per heavy atom. The lowest BCUT2D eigenvalue weighted by atomic mass is 10.0. The van der Waals surface area contributed by atoms with Gasteiger partial charge in [0.05, 0.1) is 5.57 Å². The van der Waals surface area contributed by atoms with Crippen molar-refractivity contribution in [2.45, 2.75) is 25.9 Å². The van der Waals surface area contributed by atoms with Gasteiger partial charge in [-0.3, -0.25) is 9.69 Å². The van der Waals surface area contributed by atoms with E-state index in [9.17, 15) is 9.18 Å². The van der Waals surface area contributed by atoms with Crippen LogP contribution in [-0.4, -0.2) is 37.0 Å². The number of piperidine rings is 1. The minimum Gasteiger partial charge on any atom is -0.492 e. The van der Waals surface area contributed by atoms with Crippen molar-refractivity contribution in [2.24, 2.45) is 0 Å². The van der Waals surface area contributed by atoms with E-state index in [2.05, 4.69) is 10.2 Å². The second-order valence-electron chi connectivity index (χ2n) is 7.71. The summed E-state index contributed by atoms with van der Waals surface area (Å²) in [4.78, 5) is 14.9. The number of hydrogen-bond donors (Lipinski definition) is 1. The van der Waals surface area contributed by atoms with Gasteiger partial charge in [0.25, 0.3) is 5.91 Å². The standard InChI is InChI=1S/C23H23FN2O3/c24-16-4-7-20-19(13-16)21(23(27)25-20)22-18-6-5-17(12-15(18)14-29-22)28-11-10-26-8-2-1-3-9-26/h4-7,12-13H,1-3,8-11,14H2,(H,25,27)/b22-21+. The fraction of sp³-hybridized carbons (Fsp3) is 0.348. The number of likely N-dealkylation sites (tertiary alicyclic amines) is 1. The molecule has 0 radical (unpaired) electrons. The largest absolute Gasteiger partial charge is 0.492 e. The Kier molecular flexibility index (Phi) is 4.72. The number of carbonyl (C=O) groups excluding carboxylic acids is 1. The smallest absolute Gasteiger partial charge is 0.260 e. The molecule has 1 saturated heterocycles. The lowest BCUT2D eigenvalue weighted by Gasteiger charge is -2.26. The third-order valence-corrected chi connectivity index (χ3v) is 5.77. The minimum atomic E-state index is -0.381. The Morgan fingerprint density at radius 3 is 2.79 bits per heavy atom. The molecule has 0 unspecified atom stereocenters. The molecule has 0 atom stereocenters. The van der Waals surface area contributed by atoms with Gasteiger partial charge in [-0.1, -0.05) is 6.42 Å². The highest BCUT2D eigenvalue weighted by Crippen LogP contribution is 2.42. The van der Waals surface area contributed by atoms with Crippen LogP contribution in [0.5, 0.6) is 5.75 Å². The van der Waals surface area contributed by atoms with Crippen molar-refractivity contribution in [3.63, 3.8) is 0 Å². The maximum atomic E-state index is 13.7. The van der Waals surface area contributed by atoms with Gasteiger partial charge in [-0.25, -0.2) is 4.39 Å². The van der Waals surface area contributed by atoms with Gasteiger partial charge in [0, 0.05) is 28.9 Å². The highest BCUT2D eigenvalue weighted by atomic mass is 19.1. The molecule has 1 fully saturated rings. The normalized spacial score (nSPS) is 20.8. The van der Waals surface area contributed by atoms with Gasteiger partial charge >= 0.3 is 0 Å². The van der Waals surface area contributed by atoms with Crippen LogP contribution in [0.25, 0.3) is 11.3 Å². The van der Waals surface area contributed by atoms with E-state index >= 15 is 0 Å². The molecule has 2 aromatic carbocycles. The fourth-order valence-electron chi connectivity index (χ4n) is 4.28. The van der Waals surface area contributed by atoms with E-state index in [-0.39, 0.29) is 11.7 Å². The highest BCUT2D eigenvalue weighted by Gasteiger charge is 2.32. The molecule has 0 aromatic heterocycles. The van der Waals surface area contributed by atoms with Crippen LogP contribution in [0.4, 0.5) is 10.1 Å². The SMILES string of the molecule is O=C1Nc2ccc(F)cc2/C1=C1\OCc2cc(OCCN3CCCCC3)ccc21. The molecule has 2 aromatic rings. The number of anilines is 1. The summed E-state index contributed by atoms with van der Waals surface area (Å²) < 4.78 is 25.5. The first-order chi connectivity index (χ1) is 14.2. The van der Waals surface area contributed by atoms with Crippen molar-refractivity contribution in [2.75, 3.05) is 31.6 Å². The van der Waals surface area contributed by atoms with E-state index in [1.54, 1.807) is 6.07 Å². The van der Waals surface area contributed by atoms with Crippen LogP contribution in [0.15, 0.2) is 36.4 Å². The Morgan fingerprint density at radius 1 is 1.07 bits per heavy atom. The number of fused-ring (bicyclic) bond motifs is 2. The number of nitrogens with zero attached hydrogens (tertiary/aromatic N) is 1. The molecule has 3 aliphatic rings. The van der Waals surface area contributed by atoms with Crippen LogP contribution in [0.2, 0.25) is 0 Å². The zero-order valence-electron chi connectivity index (χ0n) is 16.2. The summed E-state index contributed by atoms with van der Waals surface area (Å²) in [6.07, 6.45) is 3.87. The quantitative estimate of drug-likeness (QED) is 0.796. The zero-order chi connectivity index (χ0) is 19.8. The average molecular weight is 394 g/mol. The van der Waals surface area contributed by atoms with Crippen LogP contribution in [0, 0.1) is 5.82 Å². The number of rotatable bonds is 4. The van der Waals surface area contributed by atoms with E-state index in [0.29, 0.717) is 35.8 Å². The van der Waals surface area contributed by atoms with E-state index in [4.69, 9.17) is 9.47 Å². The maximum Gasteiger partial charge on any atom is 0.260 e. The predicted octanol–water partition coefficient (Wildman–Crippen LogP) is 4.04. The molecule has 1 N–H and O–H groups in total. The third kappa shape index (κ3) is 3.49. The molecule has 6 heteroatoms. The molecular weight excluding hydrogens is 371 g/mol. The molecule has 0 bridgehead atoms. The molecular formula is C23H23FN2O3. The van der Waals surface area contributed by atoms with Gasteiger partial charge in [-0.05, 0) is 62.3 Å². The molecule has 0 saturated carbocycles. The summed E-state index contributed by atoms with van der Waals surface area (Å²) in [7, 11) is 0. The maximum absolute atomic E-state index is 13.7. The van der Waals surface area contributed by atoms with Crippen LogP contribution in [0.3, 0.4) is 0 Å². The number of benzene rings is 2. The van der Waals surface area contributed by atoms with Crippen LogP contribution in [0.1, 0.15) is 36.0 Å². The average Bonchev–Trinajstić information content (AvgIpc) is 3.28. The summed E-state index contributed by atoms with van der Waals surface area (Å²) in [5.41, 5.74) is 3.36. The first-order valence-corrected chi connectivity index (χ1v) is 10.2. The molecule has 5 rings (SSSR count). The molecule has 5 nitrogen and oxygen atoms in total. The van der Waals surface area contributed by atoms with Crippen LogP contribution < -0.4 is 10.1 Å². The molecule has 150 valence electrons. The van der Waals surface area contributed by atoms with E-state index < -0.39 is 0 Å². The second kappa shape index (κ2) is 7.52.